The summed E-state index contributed by atoms with van der Waals surface area (Å²) in [4.78, 5) is 0. The van der Waals surface area contributed by atoms with Crippen molar-refractivity contribution in [3.8, 4) is 5.75 Å². The molecule has 1 rings (SSSR count). The summed E-state index contributed by atoms with van der Waals surface area (Å²) in [6.45, 7) is 2.29. The van der Waals surface area contributed by atoms with Crippen LogP contribution in [0.25, 0.3) is 0 Å². The van der Waals surface area contributed by atoms with Crippen molar-refractivity contribution in [3.63, 3.8) is 0 Å². The summed E-state index contributed by atoms with van der Waals surface area (Å²) in [5, 5.41) is 10.2. The number of ether oxygens (including phenoxy) is 1. The van der Waals surface area contributed by atoms with Crippen LogP contribution in [0.15, 0.2) is 18.2 Å². The van der Waals surface area contributed by atoms with Crippen molar-refractivity contribution in [2.45, 2.75) is 25.9 Å². The molecule has 0 radical (unpaired) electrons. The van der Waals surface area contributed by atoms with Crippen molar-refractivity contribution in [3.05, 3.63) is 28.2 Å². The largest absolute Gasteiger partial charge is 0.492 e. The summed E-state index contributed by atoms with van der Waals surface area (Å²) >= 11 is 11.7. The van der Waals surface area contributed by atoms with Gasteiger partial charge >= 0.3 is 0 Å². The lowest BCUT2D eigenvalue weighted by Gasteiger charge is -2.08. The first-order chi connectivity index (χ1) is 7.09. The molecule has 15 heavy (non-hydrogen) atoms. The number of benzene rings is 1. The van der Waals surface area contributed by atoms with Crippen molar-refractivity contribution < 1.29 is 9.84 Å². The quantitative estimate of drug-likeness (QED) is 0.809. The fourth-order valence-electron chi connectivity index (χ4n) is 1.15. The summed E-state index contributed by atoms with van der Waals surface area (Å²) in [6.07, 6.45) is 1.22. The molecule has 0 spiro atoms. The topological polar surface area (TPSA) is 29.5 Å². The van der Waals surface area contributed by atoms with Gasteiger partial charge in [0.2, 0.25) is 0 Å². The van der Waals surface area contributed by atoms with Crippen molar-refractivity contribution in [2.24, 2.45) is 0 Å². The molecule has 1 N–H and O–H groups in total. The van der Waals surface area contributed by atoms with E-state index in [0.717, 1.165) is 12.8 Å². The lowest BCUT2D eigenvalue weighted by molar-refractivity contribution is 0.170. The first-order valence-electron chi connectivity index (χ1n) is 4.85. The Kier molecular flexibility index (Phi) is 5.23. The van der Waals surface area contributed by atoms with E-state index in [1.807, 2.05) is 0 Å². The Hall–Kier alpha value is -0.440. The highest BCUT2D eigenvalue weighted by Crippen LogP contribution is 2.27. The Balaban J connectivity index is 2.40. The van der Waals surface area contributed by atoms with Gasteiger partial charge in [0.25, 0.3) is 0 Å². The molecule has 1 aromatic carbocycles. The minimum Gasteiger partial charge on any atom is -0.492 e. The van der Waals surface area contributed by atoms with E-state index in [-0.39, 0.29) is 6.10 Å². The molecular formula is C11H14Cl2O2. The standard InChI is InChI=1S/C11H14Cl2O2/c1-8(14)3-2-6-15-11-7-9(12)4-5-10(11)13/h4-5,7-8,14H,2-3,6H2,1H3. The molecule has 0 saturated carbocycles. The predicted molar refractivity (Wildman–Crippen MR) is 62.9 cm³/mol. The molecule has 84 valence electrons. The number of aliphatic hydroxyl groups is 1. The number of hydrogen-bond acceptors (Lipinski definition) is 2. The van der Waals surface area contributed by atoms with Gasteiger partial charge in [-0.2, -0.15) is 0 Å². The molecule has 1 unspecified atom stereocenters. The number of rotatable bonds is 5. The molecule has 1 aromatic rings. The highest BCUT2D eigenvalue weighted by atomic mass is 35.5. The van der Waals surface area contributed by atoms with Gasteiger partial charge in [0, 0.05) is 11.1 Å². The van der Waals surface area contributed by atoms with Crippen LogP contribution >= 0.6 is 23.2 Å². The van der Waals surface area contributed by atoms with E-state index in [9.17, 15) is 0 Å². The van der Waals surface area contributed by atoms with Crippen molar-refractivity contribution in [1.82, 2.24) is 0 Å². The Morgan fingerprint density at radius 3 is 2.80 bits per heavy atom. The first kappa shape index (κ1) is 12.6. The fourth-order valence-corrected chi connectivity index (χ4v) is 1.48. The second-order valence-corrected chi connectivity index (χ2v) is 4.26. The molecule has 0 aliphatic carbocycles. The van der Waals surface area contributed by atoms with E-state index in [4.69, 9.17) is 33.0 Å². The first-order valence-corrected chi connectivity index (χ1v) is 5.61. The molecule has 2 nitrogen and oxygen atoms in total. The lowest BCUT2D eigenvalue weighted by Crippen LogP contribution is -2.04. The van der Waals surface area contributed by atoms with Gasteiger partial charge in [0.05, 0.1) is 17.7 Å². The predicted octanol–water partition coefficient (Wildman–Crippen LogP) is 3.53. The monoisotopic (exact) mass is 248 g/mol. The Morgan fingerprint density at radius 2 is 2.13 bits per heavy atom. The molecule has 0 fully saturated rings. The van der Waals surface area contributed by atoms with Crippen molar-refractivity contribution >= 4 is 23.2 Å². The van der Waals surface area contributed by atoms with Crippen LogP contribution in [0.5, 0.6) is 5.75 Å². The third-order valence-electron chi connectivity index (χ3n) is 1.92. The number of hydrogen-bond donors (Lipinski definition) is 1. The van der Waals surface area contributed by atoms with E-state index >= 15 is 0 Å². The molecule has 0 aromatic heterocycles. The average molecular weight is 249 g/mol. The van der Waals surface area contributed by atoms with Crippen LogP contribution in [0.2, 0.25) is 10.0 Å². The van der Waals surface area contributed by atoms with Gasteiger partial charge in [-0.05, 0) is 31.9 Å². The van der Waals surface area contributed by atoms with E-state index in [2.05, 4.69) is 0 Å². The van der Waals surface area contributed by atoms with E-state index in [1.165, 1.54) is 0 Å². The van der Waals surface area contributed by atoms with Crippen molar-refractivity contribution in [2.75, 3.05) is 6.61 Å². The van der Waals surface area contributed by atoms with Crippen LogP contribution in [0.4, 0.5) is 0 Å². The van der Waals surface area contributed by atoms with E-state index < -0.39 is 0 Å². The highest BCUT2D eigenvalue weighted by molar-refractivity contribution is 6.34. The summed E-state index contributed by atoms with van der Waals surface area (Å²) in [5.41, 5.74) is 0. The summed E-state index contributed by atoms with van der Waals surface area (Å²) in [6, 6.07) is 5.10. The summed E-state index contributed by atoms with van der Waals surface area (Å²) in [7, 11) is 0. The van der Waals surface area contributed by atoms with Gasteiger partial charge in [0.1, 0.15) is 5.75 Å². The van der Waals surface area contributed by atoms with E-state index in [1.54, 1.807) is 25.1 Å². The molecule has 0 amide bonds. The van der Waals surface area contributed by atoms with Crippen LogP contribution < -0.4 is 4.74 Å². The molecule has 0 aliphatic rings. The van der Waals surface area contributed by atoms with Gasteiger partial charge in [-0.15, -0.1) is 0 Å². The maximum Gasteiger partial charge on any atom is 0.139 e. The maximum atomic E-state index is 9.05. The second-order valence-electron chi connectivity index (χ2n) is 3.41. The fraction of sp³-hybridized carbons (Fsp3) is 0.455. The molecule has 4 heteroatoms. The van der Waals surface area contributed by atoms with Crippen LogP contribution in [-0.4, -0.2) is 17.8 Å². The van der Waals surface area contributed by atoms with Gasteiger partial charge in [-0.25, -0.2) is 0 Å². The molecule has 0 bridgehead atoms. The highest BCUT2D eigenvalue weighted by Gasteiger charge is 2.02. The minimum atomic E-state index is -0.288. The van der Waals surface area contributed by atoms with Crippen molar-refractivity contribution in [1.29, 1.82) is 0 Å². The molecule has 0 heterocycles. The Morgan fingerprint density at radius 1 is 1.40 bits per heavy atom. The average Bonchev–Trinajstić information content (AvgIpc) is 2.17. The van der Waals surface area contributed by atoms with Gasteiger partial charge in [-0.3, -0.25) is 0 Å². The van der Waals surface area contributed by atoms with Crippen LogP contribution in [-0.2, 0) is 0 Å². The zero-order valence-corrected chi connectivity index (χ0v) is 10.1. The zero-order valence-electron chi connectivity index (χ0n) is 8.54. The molecule has 1 atom stereocenters. The lowest BCUT2D eigenvalue weighted by atomic mass is 10.2. The second kappa shape index (κ2) is 6.21. The van der Waals surface area contributed by atoms with Crippen LogP contribution in [0.1, 0.15) is 19.8 Å². The third kappa shape index (κ3) is 4.74. The van der Waals surface area contributed by atoms with Gasteiger partial charge in [0.15, 0.2) is 0 Å². The van der Waals surface area contributed by atoms with Crippen LogP contribution in [0, 0.1) is 0 Å². The summed E-state index contributed by atoms with van der Waals surface area (Å²) in [5.74, 6) is 0.592. The number of aliphatic hydroxyl groups excluding tert-OH is 1. The molecule has 0 saturated heterocycles. The molecular weight excluding hydrogens is 235 g/mol. The normalized spacial score (nSPS) is 12.5. The SMILES string of the molecule is CC(O)CCCOc1cc(Cl)ccc1Cl. The van der Waals surface area contributed by atoms with E-state index in [0.29, 0.717) is 22.4 Å². The third-order valence-corrected chi connectivity index (χ3v) is 2.46. The molecule has 0 aliphatic heterocycles. The van der Waals surface area contributed by atoms with Gasteiger partial charge in [-0.1, -0.05) is 23.2 Å². The van der Waals surface area contributed by atoms with Gasteiger partial charge < -0.3 is 9.84 Å². The zero-order chi connectivity index (χ0) is 11.3. The smallest absolute Gasteiger partial charge is 0.139 e. The summed E-state index contributed by atoms with van der Waals surface area (Å²) < 4.78 is 5.44. The Bertz CT molecular complexity index is 313. The minimum absolute atomic E-state index is 0.288. The number of halogens is 2. The maximum absolute atomic E-state index is 9.05. The van der Waals surface area contributed by atoms with Crippen LogP contribution in [0.3, 0.4) is 0 Å². The Labute approximate surface area is 99.8 Å².